The lowest BCUT2D eigenvalue weighted by Crippen LogP contribution is -2.65. The van der Waals surface area contributed by atoms with Crippen molar-refractivity contribution in [2.45, 2.75) is 69.7 Å². The number of nitrogens with zero attached hydrogens (tertiary/aromatic N) is 1. The van der Waals surface area contributed by atoms with Crippen LogP contribution in [-0.2, 0) is 9.59 Å². The first-order valence-electron chi connectivity index (χ1n) is 8.30. The van der Waals surface area contributed by atoms with Gasteiger partial charge in [-0.25, -0.2) is 0 Å². The summed E-state index contributed by atoms with van der Waals surface area (Å²) in [7, 11) is 0. The van der Waals surface area contributed by atoms with E-state index in [4.69, 9.17) is 0 Å². The molecule has 1 saturated heterocycles. The summed E-state index contributed by atoms with van der Waals surface area (Å²) in [4.78, 5) is 26.4. The number of piperazine rings is 1. The molecule has 4 nitrogen and oxygen atoms in total. The van der Waals surface area contributed by atoms with Crippen LogP contribution in [0.25, 0.3) is 0 Å². The fourth-order valence-electron chi connectivity index (χ4n) is 4.22. The van der Waals surface area contributed by atoms with Crippen molar-refractivity contribution in [2.75, 3.05) is 13.1 Å². The highest BCUT2D eigenvalue weighted by Gasteiger charge is 2.48. The third-order valence-corrected chi connectivity index (χ3v) is 5.40. The zero-order valence-electron chi connectivity index (χ0n) is 12.3. The second-order valence-electron chi connectivity index (χ2n) is 6.86. The maximum Gasteiger partial charge on any atom is 0.248 e. The van der Waals surface area contributed by atoms with E-state index in [1.807, 2.05) is 4.90 Å². The fourth-order valence-corrected chi connectivity index (χ4v) is 4.22. The van der Waals surface area contributed by atoms with Gasteiger partial charge in [-0.3, -0.25) is 9.59 Å². The van der Waals surface area contributed by atoms with E-state index in [1.165, 1.54) is 32.1 Å². The first-order chi connectivity index (χ1) is 9.70. The molecule has 1 N–H and O–H groups in total. The second-order valence-corrected chi connectivity index (χ2v) is 6.86. The summed E-state index contributed by atoms with van der Waals surface area (Å²) in [5.74, 6) is 0.988. The first kappa shape index (κ1) is 13.9. The molecule has 20 heavy (non-hydrogen) atoms. The molecule has 3 rings (SSSR count). The smallest absolute Gasteiger partial charge is 0.248 e. The van der Waals surface area contributed by atoms with E-state index in [2.05, 4.69) is 5.32 Å². The van der Waals surface area contributed by atoms with E-state index in [-0.39, 0.29) is 18.4 Å². The monoisotopic (exact) mass is 278 g/mol. The van der Waals surface area contributed by atoms with Gasteiger partial charge in [0.2, 0.25) is 11.8 Å². The van der Waals surface area contributed by atoms with Crippen LogP contribution in [0.4, 0.5) is 0 Å². The number of carbonyl (C=O) groups is 2. The fraction of sp³-hybridized carbons (Fsp3) is 0.875. The molecule has 2 amide bonds. The minimum Gasteiger partial charge on any atom is -0.340 e. The number of hydrogen-bond donors (Lipinski definition) is 1. The molecule has 112 valence electrons. The highest BCUT2D eigenvalue weighted by molar-refractivity contribution is 5.98. The third-order valence-electron chi connectivity index (χ3n) is 5.40. The first-order valence-corrected chi connectivity index (χ1v) is 8.30. The Morgan fingerprint density at radius 2 is 1.75 bits per heavy atom. The van der Waals surface area contributed by atoms with Gasteiger partial charge in [-0.05, 0) is 25.2 Å². The van der Waals surface area contributed by atoms with Crippen LogP contribution in [-0.4, -0.2) is 35.3 Å². The number of amides is 2. The van der Waals surface area contributed by atoms with Gasteiger partial charge in [-0.1, -0.05) is 44.9 Å². The molecule has 0 bridgehead atoms. The van der Waals surface area contributed by atoms with Gasteiger partial charge in [0.25, 0.3) is 0 Å². The van der Waals surface area contributed by atoms with Gasteiger partial charge in [0.15, 0.2) is 0 Å². The van der Waals surface area contributed by atoms with E-state index >= 15 is 0 Å². The SMILES string of the molecule is O=C1CN(CCC2CCCCC2)C(=O)C2(CCCC2)N1. The van der Waals surface area contributed by atoms with Crippen LogP contribution in [0.5, 0.6) is 0 Å². The average molecular weight is 278 g/mol. The Morgan fingerprint density at radius 3 is 2.45 bits per heavy atom. The highest BCUT2D eigenvalue weighted by Crippen LogP contribution is 2.34. The summed E-state index contributed by atoms with van der Waals surface area (Å²) in [5, 5.41) is 2.98. The third kappa shape index (κ3) is 2.70. The quantitative estimate of drug-likeness (QED) is 0.860. The van der Waals surface area contributed by atoms with Crippen molar-refractivity contribution in [3.05, 3.63) is 0 Å². The van der Waals surface area contributed by atoms with Gasteiger partial charge in [0.05, 0.1) is 6.54 Å². The van der Waals surface area contributed by atoms with Crippen molar-refractivity contribution in [3.63, 3.8) is 0 Å². The van der Waals surface area contributed by atoms with Crippen LogP contribution in [0.15, 0.2) is 0 Å². The molecule has 1 spiro atoms. The van der Waals surface area contributed by atoms with Crippen LogP contribution in [0.3, 0.4) is 0 Å². The number of rotatable bonds is 3. The average Bonchev–Trinajstić information content (AvgIpc) is 2.92. The molecule has 2 aliphatic carbocycles. The van der Waals surface area contributed by atoms with E-state index in [1.54, 1.807) is 0 Å². The van der Waals surface area contributed by atoms with Crippen LogP contribution < -0.4 is 5.32 Å². The number of hydrogen-bond acceptors (Lipinski definition) is 2. The molecule has 0 aromatic rings. The molecule has 0 aromatic heterocycles. The molecule has 1 aliphatic heterocycles. The Labute approximate surface area is 121 Å². The minimum absolute atomic E-state index is 0.0372. The molecule has 0 aromatic carbocycles. The van der Waals surface area contributed by atoms with Gasteiger partial charge in [-0.2, -0.15) is 0 Å². The van der Waals surface area contributed by atoms with Gasteiger partial charge in [-0.15, -0.1) is 0 Å². The Morgan fingerprint density at radius 1 is 1.05 bits per heavy atom. The molecule has 3 fully saturated rings. The zero-order chi connectivity index (χ0) is 14.0. The van der Waals surface area contributed by atoms with Crippen molar-refractivity contribution >= 4 is 11.8 Å². The van der Waals surface area contributed by atoms with Crippen molar-refractivity contribution in [1.29, 1.82) is 0 Å². The Kier molecular flexibility index (Phi) is 3.99. The summed E-state index contributed by atoms with van der Waals surface area (Å²) >= 11 is 0. The summed E-state index contributed by atoms with van der Waals surface area (Å²) in [6, 6.07) is 0. The lowest BCUT2D eigenvalue weighted by Gasteiger charge is -2.40. The normalized spacial score (nSPS) is 27.1. The van der Waals surface area contributed by atoms with Crippen molar-refractivity contribution < 1.29 is 9.59 Å². The lowest BCUT2D eigenvalue weighted by molar-refractivity contribution is -0.149. The largest absolute Gasteiger partial charge is 0.340 e. The maximum absolute atomic E-state index is 12.7. The molecule has 0 radical (unpaired) electrons. The van der Waals surface area contributed by atoms with Crippen LogP contribution in [0, 0.1) is 5.92 Å². The molecule has 3 aliphatic rings. The molecule has 2 saturated carbocycles. The Bertz CT molecular complexity index is 382. The lowest BCUT2D eigenvalue weighted by atomic mass is 9.86. The topological polar surface area (TPSA) is 49.4 Å². The Hall–Kier alpha value is -1.06. The van der Waals surface area contributed by atoms with Crippen LogP contribution >= 0.6 is 0 Å². The predicted molar refractivity (Wildman–Crippen MR) is 77.1 cm³/mol. The van der Waals surface area contributed by atoms with Gasteiger partial charge in [0, 0.05) is 6.54 Å². The molecule has 0 atom stereocenters. The van der Waals surface area contributed by atoms with Crippen LogP contribution in [0.2, 0.25) is 0 Å². The Balaban J connectivity index is 1.60. The molecular formula is C16H26N2O2. The van der Waals surface area contributed by atoms with E-state index in [0.717, 1.165) is 44.6 Å². The van der Waals surface area contributed by atoms with E-state index in [0.29, 0.717) is 0 Å². The standard InChI is InChI=1S/C16H26N2O2/c19-14-12-18(11-8-13-6-2-1-3-7-13)15(20)16(17-14)9-4-5-10-16/h13H,1-12H2,(H,17,19). The number of nitrogens with one attached hydrogen (secondary N) is 1. The minimum atomic E-state index is -0.540. The van der Waals surface area contributed by atoms with Crippen molar-refractivity contribution in [1.82, 2.24) is 10.2 Å². The van der Waals surface area contributed by atoms with E-state index < -0.39 is 5.54 Å². The van der Waals surface area contributed by atoms with E-state index in [9.17, 15) is 9.59 Å². The highest BCUT2D eigenvalue weighted by atomic mass is 16.2. The summed E-state index contributed by atoms with van der Waals surface area (Å²) < 4.78 is 0. The second kappa shape index (κ2) is 5.74. The molecule has 1 heterocycles. The van der Waals surface area contributed by atoms with Crippen LogP contribution in [0.1, 0.15) is 64.2 Å². The molecule has 4 heteroatoms. The van der Waals surface area contributed by atoms with Gasteiger partial charge in [0.1, 0.15) is 5.54 Å². The summed E-state index contributed by atoms with van der Waals surface area (Å²) in [6.07, 6.45) is 11.5. The molecular weight excluding hydrogens is 252 g/mol. The molecule has 0 unspecified atom stereocenters. The summed E-state index contributed by atoms with van der Waals surface area (Å²) in [5.41, 5.74) is -0.540. The van der Waals surface area contributed by atoms with Crippen molar-refractivity contribution in [3.8, 4) is 0 Å². The number of carbonyl (C=O) groups excluding carboxylic acids is 2. The van der Waals surface area contributed by atoms with Crippen molar-refractivity contribution in [2.24, 2.45) is 5.92 Å². The van der Waals surface area contributed by atoms with Gasteiger partial charge >= 0.3 is 0 Å². The maximum atomic E-state index is 12.7. The zero-order valence-corrected chi connectivity index (χ0v) is 12.3. The predicted octanol–water partition coefficient (Wildman–Crippen LogP) is 2.23. The van der Waals surface area contributed by atoms with Gasteiger partial charge < -0.3 is 10.2 Å². The summed E-state index contributed by atoms with van der Waals surface area (Å²) in [6.45, 7) is 1.05.